The Morgan fingerprint density at radius 3 is 2.43 bits per heavy atom. The second-order valence-corrected chi connectivity index (χ2v) is 7.72. The Kier molecular flexibility index (Phi) is 4.46. The zero-order valence-electron chi connectivity index (χ0n) is 12.3. The molecule has 0 bridgehead atoms. The summed E-state index contributed by atoms with van der Waals surface area (Å²) in [6, 6.07) is 17.7. The molecule has 21 heavy (non-hydrogen) atoms. The molecule has 1 unspecified atom stereocenters. The molecule has 2 aromatic carbocycles. The van der Waals surface area contributed by atoms with Crippen LogP contribution in [0.25, 0.3) is 10.1 Å². The highest BCUT2D eigenvalue weighted by Gasteiger charge is 2.14. The van der Waals surface area contributed by atoms with Crippen molar-refractivity contribution in [2.24, 2.45) is 5.92 Å². The fourth-order valence-electron chi connectivity index (χ4n) is 2.67. The molecule has 0 saturated heterocycles. The molecule has 0 aliphatic heterocycles. The third-order valence-electron chi connectivity index (χ3n) is 3.70. The number of halogens is 1. The fourth-order valence-corrected chi connectivity index (χ4v) is 4.51. The zero-order valence-corrected chi connectivity index (χ0v) is 14.7. The predicted octanol–water partition coefficient (Wildman–Crippen LogP) is 6.58. The predicted molar refractivity (Wildman–Crippen MR) is 97.6 cm³/mol. The summed E-state index contributed by atoms with van der Waals surface area (Å²) in [7, 11) is 0. The van der Waals surface area contributed by atoms with E-state index < -0.39 is 0 Å². The van der Waals surface area contributed by atoms with Gasteiger partial charge in [-0.3, -0.25) is 0 Å². The number of alkyl halides is 1. The lowest BCUT2D eigenvalue weighted by Gasteiger charge is -2.11. The Morgan fingerprint density at radius 1 is 1.00 bits per heavy atom. The number of thiophene rings is 1. The monoisotopic (exact) mass is 358 g/mol. The normalized spacial score (nSPS) is 13.0. The van der Waals surface area contributed by atoms with E-state index in [1.165, 1.54) is 26.8 Å². The first-order valence-electron chi connectivity index (χ1n) is 7.34. The molecule has 1 aromatic heterocycles. The van der Waals surface area contributed by atoms with Gasteiger partial charge in [0.15, 0.2) is 0 Å². The minimum Gasteiger partial charge on any atom is -0.143 e. The highest BCUT2D eigenvalue weighted by molar-refractivity contribution is 9.09. The van der Waals surface area contributed by atoms with Crippen molar-refractivity contribution < 1.29 is 0 Å². The molecule has 0 amide bonds. The molecule has 0 fully saturated rings. The lowest BCUT2D eigenvalue weighted by molar-refractivity contribution is 0.647. The molecular weight excluding hydrogens is 340 g/mol. The van der Waals surface area contributed by atoms with Gasteiger partial charge in [-0.25, -0.2) is 0 Å². The van der Waals surface area contributed by atoms with E-state index in [1.807, 2.05) is 11.3 Å². The van der Waals surface area contributed by atoms with E-state index in [1.54, 1.807) is 0 Å². The smallest absolute Gasteiger partial charge is 0.0658 e. The van der Waals surface area contributed by atoms with Crippen molar-refractivity contribution in [1.82, 2.24) is 0 Å². The maximum Gasteiger partial charge on any atom is 0.0658 e. The topological polar surface area (TPSA) is 0 Å². The lowest BCUT2D eigenvalue weighted by Crippen LogP contribution is -1.96. The summed E-state index contributed by atoms with van der Waals surface area (Å²) in [5, 5.41) is 3.63. The quantitative estimate of drug-likeness (QED) is 0.461. The van der Waals surface area contributed by atoms with Crippen LogP contribution in [0.15, 0.2) is 53.9 Å². The Bertz CT molecular complexity index is 725. The van der Waals surface area contributed by atoms with Gasteiger partial charge in [0.05, 0.1) is 4.83 Å². The standard InChI is InChI=1S/C19H19BrS/c1-13(2)11-14-7-9-15(10-8-14)19(20)17-12-21-18-6-4-3-5-16(17)18/h3-10,12-13,19H,11H2,1-2H3. The second kappa shape index (κ2) is 6.33. The van der Waals surface area contributed by atoms with Crippen LogP contribution in [0.2, 0.25) is 0 Å². The van der Waals surface area contributed by atoms with Gasteiger partial charge in [0.2, 0.25) is 0 Å². The van der Waals surface area contributed by atoms with Crippen LogP contribution in [0.5, 0.6) is 0 Å². The van der Waals surface area contributed by atoms with E-state index in [0.29, 0.717) is 5.92 Å². The zero-order chi connectivity index (χ0) is 14.8. The average Bonchev–Trinajstić information content (AvgIpc) is 2.90. The van der Waals surface area contributed by atoms with Crippen molar-refractivity contribution in [3.8, 4) is 0 Å². The molecule has 0 spiro atoms. The summed E-state index contributed by atoms with van der Waals surface area (Å²) >= 11 is 5.69. The van der Waals surface area contributed by atoms with Crippen molar-refractivity contribution in [1.29, 1.82) is 0 Å². The van der Waals surface area contributed by atoms with Gasteiger partial charge in [-0.1, -0.05) is 72.2 Å². The molecule has 0 N–H and O–H groups in total. The summed E-state index contributed by atoms with van der Waals surface area (Å²) in [6.45, 7) is 4.53. The molecule has 3 rings (SSSR count). The lowest BCUT2D eigenvalue weighted by atomic mass is 9.99. The largest absolute Gasteiger partial charge is 0.143 e. The van der Waals surface area contributed by atoms with Crippen LogP contribution in [-0.2, 0) is 6.42 Å². The Labute approximate surface area is 139 Å². The van der Waals surface area contributed by atoms with Gasteiger partial charge < -0.3 is 0 Å². The Morgan fingerprint density at radius 2 is 1.71 bits per heavy atom. The Balaban J connectivity index is 1.89. The van der Waals surface area contributed by atoms with Crippen LogP contribution in [0.1, 0.15) is 35.4 Å². The second-order valence-electron chi connectivity index (χ2n) is 5.89. The summed E-state index contributed by atoms with van der Waals surface area (Å²) < 4.78 is 1.35. The van der Waals surface area contributed by atoms with E-state index in [4.69, 9.17) is 0 Å². The van der Waals surface area contributed by atoms with E-state index in [9.17, 15) is 0 Å². The van der Waals surface area contributed by atoms with Crippen molar-refractivity contribution in [3.63, 3.8) is 0 Å². The maximum atomic E-state index is 3.88. The number of rotatable bonds is 4. The van der Waals surface area contributed by atoms with Crippen LogP contribution >= 0.6 is 27.3 Å². The molecule has 0 nitrogen and oxygen atoms in total. The molecular formula is C19H19BrS. The Hall–Kier alpha value is -1.12. The summed E-state index contributed by atoms with van der Waals surface area (Å²) in [4.78, 5) is 0.266. The van der Waals surface area contributed by atoms with Gasteiger partial charge in [-0.15, -0.1) is 11.3 Å². The SMILES string of the molecule is CC(C)Cc1ccc(C(Br)c2csc3ccccc23)cc1. The van der Waals surface area contributed by atoms with Crippen LogP contribution in [0.4, 0.5) is 0 Å². The molecule has 3 aromatic rings. The molecule has 1 heterocycles. The first kappa shape index (κ1) is 14.8. The third kappa shape index (κ3) is 3.22. The number of hydrogen-bond acceptors (Lipinski definition) is 1. The molecule has 0 aliphatic carbocycles. The van der Waals surface area contributed by atoms with Crippen molar-refractivity contribution in [3.05, 3.63) is 70.6 Å². The van der Waals surface area contributed by atoms with Crippen LogP contribution in [0, 0.1) is 5.92 Å². The van der Waals surface area contributed by atoms with Gasteiger partial charge in [-0.2, -0.15) is 0 Å². The third-order valence-corrected chi connectivity index (χ3v) is 5.70. The van der Waals surface area contributed by atoms with Crippen LogP contribution in [0.3, 0.4) is 0 Å². The van der Waals surface area contributed by atoms with Gasteiger partial charge >= 0.3 is 0 Å². The van der Waals surface area contributed by atoms with Crippen molar-refractivity contribution >= 4 is 37.4 Å². The summed E-state index contributed by atoms with van der Waals surface area (Å²) in [6.07, 6.45) is 1.15. The van der Waals surface area contributed by atoms with E-state index in [-0.39, 0.29) is 4.83 Å². The number of benzene rings is 2. The molecule has 1 atom stereocenters. The first-order chi connectivity index (χ1) is 10.1. The minimum atomic E-state index is 0.266. The van der Waals surface area contributed by atoms with Gasteiger partial charge in [0.1, 0.15) is 0 Å². The average molecular weight is 359 g/mol. The van der Waals surface area contributed by atoms with E-state index in [2.05, 4.69) is 83.7 Å². The highest BCUT2D eigenvalue weighted by atomic mass is 79.9. The maximum absolute atomic E-state index is 3.88. The summed E-state index contributed by atoms with van der Waals surface area (Å²) in [5.74, 6) is 0.705. The molecule has 2 heteroatoms. The number of fused-ring (bicyclic) bond motifs is 1. The van der Waals surface area contributed by atoms with E-state index >= 15 is 0 Å². The molecule has 0 radical (unpaired) electrons. The van der Waals surface area contributed by atoms with Gasteiger partial charge in [0, 0.05) is 4.70 Å². The van der Waals surface area contributed by atoms with Gasteiger partial charge in [-0.05, 0) is 45.9 Å². The van der Waals surface area contributed by atoms with E-state index in [0.717, 1.165) is 6.42 Å². The van der Waals surface area contributed by atoms with Crippen molar-refractivity contribution in [2.45, 2.75) is 25.1 Å². The molecule has 108 valence electrons. The van der Waals surface area contributed by atoms with Crippen LogP contribution < -0.4 is 0 Å². The van der Waals surface area contributed by atoms with Crippen molar-refractivity contribution in [2.75, 3.05) is 0 Å². The summed E-state index contributed by atoms with van der Waals surface area (Å²) in [5.41, 5.74) is 4.11. The van der Waals surface area contributed by atoms with Crippen LogP contribution in [-0.4, -0.2) is 0 Å². The number of hydrogen-bond donors (Lipinski definition) is 0. The fraction of sp³-hybridized carbons (Fsp3) is 0.263. The van der Waals surface area contributed by atoms with Gasteiger partial charge in [0.25, 0.3) is 0 Å². The molecule has 0 aliphatic rings. The highest BCUT2D eigenvalue weighted by Crippen LogP contribution is 2.38. The molecule has 0 saturated carbocycles. The first-order valence-corrected chi connectivity index (χ1v) is 9.13. The minimum absolute atomic E-state index is 0.266.